The van der Waals surface area contributed by atoms with E-state index in [2.05, 4.69) is 0 Å². The Morgan fingerprint density at radius 2 is 2.12 bits per heavy atom. The lowest BCUT2D eigenvalue weighted by atomic mass is 9.98. The second-order valence-electron chi connectivity index (χ2n) is 3.90. The Morgan fingerprint density at radius 3 is 2.59 bits per heavy atom. The van der Waals surface area contributed by atoms with Crippen molar-refractivity contribution in [3.8, 4) is 0 Å². The normalized spacial score (nSPS) is 39.9. The maximum absolute atomic E-state index is 10.6. The van der Waals surface area contributed by atoms with Crippen LogP contribution in [-0.4, -0.2) is 69.8 Å². The van der Waals surface area contributed by atoms with Crippen LogP contribution in [0.1, 0.15) is 6.92 Å². The minimum absolute atomic E-state index is 0.535. The summed E-state index contributed by atoms with van der Waals surface area (Å²) in [5.74, 6) is -1.22. The van der Waals surface area contributed by atoms with Gasteiger partial charge in [-0.2, -0.15) is 0 Å². The number of carbonyl (C=O) groups is 1. The number of carboxylic acid groups (broad SMARTS) is 1. The SMILES string of the molecule is C[C@@H](O[C@@H]1[C@@H]([15NH2])[C@@H](O)O[C@H](CO)[C@H]1O)C(=O)O. The van der Waals surface area contributed by atoms with Crippen LogP contribution in [0.5, 0.6) is 0 Å². The molecule has 1 aliphatic rings. The van der Waals surface area contributed by atoms with Gasteiger partial charge in [0, 0.05) is 0 Å². The molecule has 0 aliphatic carbocycles. The fraction of sp³-hybridized carbons (Fsp3) is 0.889. The molecule has 0 radical (unpaired) electrons. The zero-order chi connectivity index (χ0) is 13.2. The van der Waals surface area contributed by atoms with Gasteiger partial charge >= 0.3 is 5.97 Å². The summed E-state index contributed by atoms with van der Waals surface area (Å²) < 4.78 is 9.89. The van der Waals surface area contributed by atoms with E-state index >= 15 is 0 Å². The molecule has 0 aromatic rings. The van der Waals surface area contributed by atoms with Crippen molar-refractivity contribution < 1.29 is 34.7 Å². The highest BCUT2D eigenvalue weighted by atomic mass is 16.6. The zero-order valence-electron chi connectivity index (χ0n) is 9.26. The third-order valence-electron chi connectivity index (χ3n) is 2.63. The number of hydrogen-bond donors (Lipinski definition) is 5. The first kappa shape index (κ1) is 14.3. The third kappa shape index (κ3) is 3.12. The quantitative estimate of drug-likeness (QED) is 0.339. The van der Waals surface area contributed by atoms with Crippen LogP contribution in [0.3, 0.4) is 0 Å². The van der Waals surface area contributed by atoms with E-state index in [-0.39, 0.29) is 0 Å². The van der Waals surface area contributed by atoms with Crippen molar-refractivity contribution in [2.24, 2.45) is 5.73 Å². The Balaban J connectivity index is 2.74. The Bertz CT molecular complexity index is 274. The fourth-order valence-corrected chi connectivity index (χ4v) is 1.57. The Hall–Kier alpha value is -0.770. The molecule has 0 bridgehead atoms. The van der Waals surface area contributed by atoms with Crippen molar-refractivity contribution in [1.29, 1.82) is 0 Å². The lowest BCUT2D eigenvalue weighted by Crippen LogP contribution is -2.63. The average Bonchev–Trinajstić information content (AvgIpc) is 2.28. The highest BCUT2D eigenvalue weighted by Gasteiger charge is 2.44. The summed E-state index contributed by atoms with van der Waals surface area (Å²) in [6, 6.07) is -1.09. The summed E-state index contributed by atoms with van der Waals surface area (Å²) in [4.78, 5) is 10.6. The summed E-state index contributed by atoms with van der Waals surface area (Å²) in [5.41, 5.74) is 5.54. The number of aliphatic hydroxyl groups excluding tert-OH is 3. The smallest absolute Gasteiger partial charge is 0.332 e. The number of rotatable bonds is 4. The number of ether oxygens (including phenoxy) is 2. The van der Waals surface area contributed by atoms with Gasteiger partial charge in [-0.05, 0) is 6.92 Å². The van der Waals surface area contributed by atoms with Gasteiger partial charge in [0.05, 0.1) is 12.6 Å². The molecule has 0 unspecified atom stereocenters. The molecular formula is C9H17NO7. The van der Waals surface area contributed by atoms with Crippen molar-refractivity contribution in [3.05, 3.63) is 0 Å². The number of carboxylic acids is 1. The maximum Gasteiger partial charge on any atom is 0.332 e. The predicted molar refractivity (Wildman–Crippen MR) is 53.9 cm³/mol. The summed E-state index contributed by atoms with van der Waals surface area (Å²) in [5, 5.41) is 36.8. The molecule has 0 aromatic carbocycles. The van der Waals surface area contributed by atoms with Crippen LogP contribution in [0.4, 0.5) is 0 Å². The zero-order valence-corrected chi connectivity index (χ0v) is 9.26. The molecule has 0 aromatic heterocycles. The topological polar surface area (TPSA) is 142 Å². The highest BCUT2D eigenvalue weighted by Crippen LogP contribution is 2.22. The van der Waals surface area contributed by atoms with E-state index < -0.39 is 49.3 Å². The van der Waals surface area contributed by atoms with E-state index in [9.17, 15) is 15.0 Å². The lowest BCUT2D eigenvalue weighted by molar-refractivity contribution is -0.262. The predicted octanol–water partition coefficient (Wildman–Crippen LogP) is -2.76. The fourth-order valence-electron chi connectivity index (χ4n) is 1.57. The Morgan fingerprint density at radius 1 is 1.53 bits per heavy atom. The molecule has 1 saturated heterocycles. The number of aliphatic hydroxyl groups is 3. The average molecular weight is 252 g/mol. The number of nitrogens with two attached hydrogens (primary N) is 1. The molecule has 6 N–H and O–H groups in total. The van der Waals surface area contributed by atoms with Gasteiger partial charge in [0.2, 0.25) is 0 Å². The standard InChI is InChI=1S/C9H17NO7/c1-3(8(13)14)16-7-5(10)9(15)17-4(2-11)6(7)12/h3-7,9,11-12,15H,2,10H2,1H3,(H,13,14)/t3-,4-,5-,6-,7-,9+/m1/s1/i10+1. The molecule has 1 aliphatic heterocycles. The van der Waals surface area contributed by atoms with Gasteiger partial charge in [0.25, 0.3) is 0 Å². The summed E-state index contributed by atoms with van der Waals surface area (Å²) in [6.07, 6.45) is -6.11. The van der Waals surface area contributed by atoms with Crippen molar-refractivity contribution >= 4 is 5.97 Å². The third-order valence-corrected chi connectivity index (χ3v) is 2.63. The van der Waals surface area contributed by atoms with Crippen LogP contribution in [0.2, 0.25) is 0 Å². The molecule has 0 saturated carbocycles. The minimum atomic E-state index is -1.43. The second kappa shape index (κ2) is 5.71. The van der Waals surface area contributed by atoms with Crippen LogP contribution in [-0.2, 0) is 14.3 Å². The lowest BCUT2D eigenvalue weighted by Gasteiger charge is -2.41. The van der Waals surface area contributed by atoms with Gasteiger partial charge in [-0.15, -0.1) is 0 Å². The van der Waals surface area contributed by atoms with E-state index in [0.29, 0.717) is 0 Å². The van der Waals surface area contributed by atoms with E-state index in [4.69, 9.17) is 25.4 Å². The molecule has 17 heavy (non-hydrogen) atoms. The van der Waals surface area contributed by atoms with Crippen LogP contribution >= 0.6 is 0 Å². The maximum atomic E-state index is 10.6. The molecule has 0 amide bonds. The molecule has 6 atom stereocenters. The Kier molecular flexibility index (Phi) is 4.80. The van der Waals surface area contributed by atoms with Crippen molar-refractivity contribution in [1.82, 2.24) is 0 Å². The molecule has 8 nitrogen and oxygen atoms in total. The van der Waals surface area contributed by atoms with Gasteiger partial charge in [0.15, 0.2) is 12.4 Å². The molecule has 0 spiro atoms. The van der Waals surface area contributed by atoms with Crippen LogP contribution in [0.15, 0.2) is 0 Å². The van der Waals surface area contributed by atoms with Crippen LogP contribution in [0.25, 0.3) is 0 Å². The minimum Gasteiger partial charge on any atom is -0.479 e. The van der Waals surface area contributed by atoms with E-state index in [1.54, 1.807) is 0 Å². The summed E-state index contributed by atoms with van der Waals surface area (Å²) in [7, 11) is 0. The highest BCUT2D eigenvalue weighted by molar-refractivity contribution is 5.71. The largest absolute Gasteiger partial charge is 0.479 e. The number of hydrogen-bond acceptors (Lipinski definition) is 7. The molecule has 100 valence electrons. The van der Waals surface area contributed by atoms with Crippen molar-refractivity contribution in [2.45, 2.75) is 43.7 Å². The van der Waals surface area contributed by atoms with E-state index in [1.165, 1.54) is 6.92 Å². The van der Waals surface area contributed by atoms with Gasteiger partial charge < -0.3 is 35.6 Å². The van der Waals surface area contributed by atoms with Gasteiger partial charge in [-0.25, -0.2) is 4.79 Å². The monoisotopic (exact) mass is 252 g/mol. The molecule has 1 heterocycles. The van der Waals surface area contributed by atoms with Crippen LogP contribution < -0.4 is 5.73 Å². The first-order valence-electron chi connectivity index (χ1n) is 5.14. The molecule has 8 heteroatoms. The van der Waals surface area contributed by atoms with Crippen LogP contribution in [0, 0.1) is 0 Å². The first-order chi connectivity index (χ1) is 7.88. The molecule has 1 rings (SSSR count). The summed E-state index contributed by atoms with van der Waals surface area (Å²) in [6.45, 7) is 0.740. The van der Waals surface area contributed by atoms with Gasteiger partial charge in [-0.3, -0.25) is 0 Å². The van der Waals surface area contributed by atoms with Crippen molar-refractivity contribution in [3.63, 3.8) is 0 Å². The number of aliphatic carboxylic acids is 1. The van der Waals surface area contributed by atoms with E-state index in [1.807, 2.05) is 0 Å². The first-order valence-corrected chi connectivity index (χ1v) is 5.14. The molecular weight excluding hydrogens is 235 g/mol. The van der Waals surface area contributed by atoms with E-state index in [0.717, 1.165) is 0 Å². The molecule has 1 fully saturated rings. The summed E-state index contributed by atoms with van der Waals surface area (Å²) >= 11 is 0. The Labute approximate surface area is 97.6 Å². The van der Waals surface area contributed by atoms with Gasteiger partial charge in [0.1, 0.15) is 18.3 Å². The van der Waals surface area contributed by atoms with Crippen molar-refractivity contribution in [2.75, 3.05) is 6.61 Å². The second-order valence-corrected chi connectivity index (χ2v) is 3.90. The van der Waals surface area contributed by atoms with Gasteiger partial charge in [-0.1, -0.05) is 0 Å².